The van der Waals surface area contributed by atoms with Crippen LogP contribution in [0, 0.1) is 0 Å². The molecule has 107 valence electrons. The lowest BCUT2D eigenvalue weighted by Crippen LogP contribution is -1.84. The summed E-state index contributed by atoms with van der Waals surface area (Å²) in [6.07, 6.45) is 0. The summed E-state index contributed by atoms with van der Waals surface area (Å²) < 4.78 is 0. The van der Waals surface area contributed by atoms with E-state index >= 15 is 0 Å². The molecule has 0 aliphatic carbocycles. The largest absolute Gasteiger partial charge is 0.290 e. The van der Waals surface area contributed by atoms with E-state index in [4.69, 9.17) is 0 Å². The first-order valence-corrected chi connectivity index (χ1v) is 7.76. The molecule has 0 saturated heterocycles. The molecule has 0 atom stereocenters. The molecule has 1 heteroatoms. The van der Waals surface area contributed by atoms with Crippen LogP contribution in [-0.4, -0.2) is 0 Å². The Morgan fingerprint density at radius 2 is 1.00 bits per heavy atom. The second-order valence-corrected chi connectivity index (χ2v) is 5.96. The summed E-state index contributed by atoms with van der Waals surface area (Å²) in [7, 11) is 0. The van der Waals surface area contributed by atoms with Crippen molar-refractivity contribution in [3.63, 3.8) is 0 Å². The van der Waals surface area contributed by atoms with Crippen LogP contribution in [0.5, 0.6) is 5.75 Å². The van der Waals surface area contributed by atoms with Crippen molar-refractivity contribution in [2.75, 3.05) is 0 Å². The van der Waals surface area contributed by atoms with Gasteiger partial charge in [-0.15, -0.1) is 0 Å². The minimum atomic E-state index is 0.0574. The Morgan fingerprint density at radius 3 is 1.70 bits per heavy atom. The van der Waals surface area contributed by atoms with E-state index in [-0.39, 0.29) is 5.75 Å². The molecule has 0 amide bonds. The minimum absolute atomic E-state index is 0.0574. The van der Waals surface area contributed by atoms with Crippen LogP contribution >= 0.6 is 0 Å². The minimum Gasteiger partial charge on any atom is -0.290 e. The zero-order valence-electron chi connectivity index (χ0n) is 12.4. The molecule has 0 fully saturated rings. The van der Waals surface area contributed by atoms with E-state index in [2.05, 4.69) is 60.7 Å². The van der Waals surface area contributed by atoms with Crippen LogP contribution < -0.4 is 0 Å². The summed E-state index contributed by atoms with van der Waals surface area (Å²) in [4.78, 5) is 0. The van der Waals surface area contributed by atoms with Gasteiger partial charge in [0.2, 0.25) is 0 Å². The summed E-state index contributed by atoms with van der Waals surface area (Å²) in [5, 5.41) is 21.3. The predicted molar refractivity (Wildman–Crippen MR) is 96.6 cm³/mol. The van der Waals surface area contributed by atoms with Crippen molar-refractivity contribution in [1.29, 1.82) is 0 Å². The molecule has 0 spiro atoms. The van der Waals surface area contributed by atoms with Crippen molar-refractivity contribution in [3.05, 3.63) is 78.9 Å². The molecule has 1 nitrogen and oxygen atoms in total. The Hall–Kier alpha value is -3.06. The lowest BCUT2D eigenvalue weighted by atomic mass is 9.91. The van der Waals surface area contributed by atoms with Gasteiger partial charge < -0.3 is 0 Å². The van der Waals surface area contributed by atoms with Crippen LogP contribution in [0.15, 0.2) is 78.9 Å². The summed E-state index contributed by atoms with van der Waals surface area (Å²) in [5.74, 6) is 0.0574. The average molecular weight is 293 g/mol. The van der Waals surface area contributed by atoms with Crippen LogP contribution in [-0.2, 0) is 5.11 Å². The van der Waals surface area contributed by atoms with E-state index < -0.39 is 0 Å². The molecule has 5 aromatic rings. The van der Waals surface area contributed by atoms with Gasteiger partial charge in [-0.05, 0) is 61.3 Å². The third-order valence-corrected chi connectivity index (χ3v) is 4.70. The molecule has 0 aliphatic rings. The van der Waals surface area contributed by atoms with Crippen molar-refractivity contribution >= 4 is 43.1 Å². The summed E-state index contributed by atoms with van der Waals surface area (Å²) >= 11 is 0. The third kappa shape index (κ3) is 1.68. The highest BCUT2D eigenvalue weighted by atomic mass is 16.3. The fourth-order valence-corrected chi connectivity index (χ4v) is 3.71. The first kappa shape index (κ1) is 12.5. The molecule has 1 radical (unpaired) electrons. The zero-order chi connectivity index (χ0) is 15.4. The number of hydrogen-bond donors (Lipinski definition) is 0. The van der Waals surface area contributed by atoms with Gasteiger partial charge >= 0.3 is 0 Å². The topological polar surface area (TPSA) is 19.9 Å². The Labute approximate surface area is 133 Å². The van der Waals surface area contributed by atoms with Crippen molar-refractivity contribution in [2.24, 2.45) is 0 Å². The lowest BCUT2D eigenvalue weighted by molar-refractivity contribution is 0.355. The molecule has 0 unspecified atom stereocenters. The van der Waals surface area contributed by atoms with E-state index in [9.17, 15) is 5.11 Å². The highest BCUT2D eigenvalue weighted by Gasteiger charge is 2.10. The molecule has 0 heterocycles. The summed E-state index contributed by atoms with van der Waals surface area (Å²) in [6, 6.07) is 26.6. The fourth-order valence-electron chi connectivity index (χ4n) is 3.71. The molecular formula is C22H13O. The fraction of sp³-hybridized carbons (Fsp3) is 0. The molecule has 0 saturated carbocycles. The van der Waals surface area contributed by atoms with Crippen molar-refractivity contribution in [3.8, 4) is 5.75 Å². The van der Waals surface area contributed by atoms with Gasteiger partial charge in [0.05, 0.1) is 0 Å². The molecule has 0 bridgehead atoms. The summed E-state index contributed by atoms with van der Waals surface area (Å²) in [5.41, 5.74) is 0. The highest BCUT2D eigenvalue weighted by Crippen LogP contribution is 2.39. The summed E-state index contributed by atoms with van der Waals surface area (Å²) in [6.45, 7) is 0. The Bertz CT molecular complexity index is 1180. The molecule has 0 N–H and O–H groups in total. The smallest absolute Gasteiger partial charge is 0.179 e. The maximum atomic E-state index is 11.7. The number of rotatable bonds is 0. The molecule has 5 aromatic carbocycles. The second kappa shape index (κ2) is 4.47. The maximum absolute atomic E-state index is 11.7. The second-order valence-electron chi connectivity index (χ2n) is 5.96. The lowest BCUT2D eigenvalue weighted by Gasteiger charge is -2.12. The van der Waals surface area contributed by atoms with Gasteiger partial charge in [0, 0.05) is 0 Å². The van der Waals surface area contributed by atoms with Crippen LogP contribution in [0.3, 0.4) is 0 Å². The number of fused-ring (bicyclic) bond motifs is 8. The Balaban J connectivity index is 2.19. The Morgan fingerprint density at radius 1 is 0.478 bits per heavy atom. The predicted octanol–water partition coefficient (Wildman–Crippen LogP) is 6.44. The van der Waals surface area contributed by atoms with E-state index in [1.165, 1.54) is 32.3 Å². The van der Waals surface area contributed by atoms with E-state index in [0.29, 0.717) is 0 Å². The van der Waals surface area contributed by atoms with Crippen LogP contribution in [0.25, 0.3) is 43.1 Å². The van der Waals surface area contributed by atoms with Crippen molar-refractivity contribution in [1.82, 2.24) is 0 Å². The maximum Gasteiger partial charge on any atom is 0.179 e. The first-order chi connectivity index (χ1) is 11.3. The molecule has 0 aliphatic heterocycles. The van der Waals surface area contributed by atoms with Crippen molar-refractivity contribution in [2.45, 2.75) is 0 Å². The van der Waals surface area contributed by atoms with Gasteiger partial charge in [0.15, 0.2) is 5.75 Å². The molecular weight excluding hydrogens is 280 g/mol. The van der Waals surface area contributed by atoms with Gasteiger partial charge in [0.1, 0.15) is 0 Å². The standard InChI is InChI=1S/C22H13O/c23-15-10-12-16-14(13-15)9-11-21-19-7-2-1-5-17(19)18-6-3-4-8-20(18)22(16)21/h1-13H. The van der Waals surface area contributed by atoms with E-state index in [0.717, 1.165) is 10.8 Å². The average Bonchev–Trinajstić information content (AvgIpc) is 2.61. The van der Waals surface area contributed by atoms with Gasteiger partial charge in [0.25, 0.3) is 0 Å². The number of benzene rings is 5. The monoisotopic (exact) mass is 293 g/mol. The first-order valence-electron chi connectivity index (χ1n) is 7.76. The van der Waals surface area contributed by atoms with Crippen molar-refractivity contribution < 1.29 is 5.11 Å². The zero-order valence-corrected chi connectivity index (χ0v) is 12.4. The molecule has 0 aromatic heterocycles. The Kier molecular flexibility index (Phi) is 2.42. The van der Waals surface area contributed by atoms with E-state index in [1.54, 1.807) is 12.1 Å². The van der Waals surface area contributed by atoms with Gasteiger partial charge in [-0.2, -0.15) is 0 Å². The molecule has 23 heavy (non-hydrogen) atoms. The normalized spacial score (nSPS) is 11.7. The van der Waals surface area contributed by atoms with Crippen LogP contribution in [0.2, 0.25) is 0 Å². The highest BCUT2D eigenvalue weighted by molar-refractivity contribution is 6.31. The van der Waals surface area contributed by atoms with Crippen LogP contribution in [0.4, 0.5) is 0 Å². The SMILES string of the molecule is [O]c1ccc2c(ccc3c4ccccc4c4ccccc4c23)c1. The van der Waals surface area contributed by atoms with E-state index in [1.807, 2.05) is 6.07 Å². The molecule has 5 rings (SSSR count). The number of hydrogen-bond acceptors (Lipinski definition) is 0. The van der Waals surface area contributed by atoms with Gasteiger partial charge in [-0.3, -0.25) is 5.11 Å². The van der Waals surface area contributed by atoms with Gasteiger partial charge in [-0.25, -0.2) is 0 Å². The van der Waals surface area contributed by atoms with Crippen LogP contribution in [0.1, 0.15) is 0 Å². The van der Waals surface area contributed by atoms with Gasteiger partial charge in [-0.1, -0.05) is 60.7 Å². The third-order valence-electron chi connectivity index (χ3n) is 4.70. The quantitative estimate of drug-likeness (QED) is 0.293.